The van der Waals surface area contributed by atoms with E-state index < -0.39 is 12.1 Å². The van der Waals surface area contributed by atoms with E-state index in [1.54, 1.807) is 4.57 Å². The molecule has 0 aliphatic rings. The normalized spacial score (nSPS) is 13.1. The largest absolute Gasteiger partial charge is 0.309 e. The van der Waals surface area contributed by atoms with Gasteiger partial charge in [-0.1, -0.05) is 182 Å². The van der Waals surface area contributed by atoms with Gasteiger partial charge in [-0.15, -0.1) is 0 Å². The van der Waals surface area contributed by atoms with Crippen LogP contribution in [-0.4, -0.2) is 9.13 Å². The first kappa shape index (κ1) is 29.1. The van der Waals surface area contributed by atoms with Gasteiger partial charge in [-0.3, -0.25) is 0 Å². The van der Waals surface area contributed by atoms with Crippen LogP contribution in [0, 0.1) is 0 Å². The van der Waals surface area contributed by atoms with E-state index in [0.717, 1.165) is 72.0 Å². The molecule has 2 heteroatoms. The molecule has 2 nitrogen and oxygen atoms in total. The number of aromatic nitrogens is 2. The summed E-state index contributed by atoms with van der Waals surface area (Å²) >= 11 is 0. The molecule has 0 unspecified atom stereocenters. The first-order valence-electron chi connectivity index (χ1n) is 24.3. The van der Waals surface area contributed by atoms with Crippen LogP contribution < -0.4 is 0 Å². The summed E-state index contributed by atoms with van der Waals surface area (Å²) in [4.78, 5) is 0. The van der Waals surface area contributed by atoms with Crippen LogP contribution in [0.3, 0.4) is 0 Å². The molecule has 62 heavy (non-hydrogen) atoms. The van der Waals surface area contributed by atoms with Gasteiger partial charge in [-0.05, 0) is 116 Å². The van der Waals surface area contributed by atoms with E-state index in [4.69, 9.17) is 2.74 Å². The third-order valence-corrected chi connectivity index (χ3v) is 12.0. The zero-order valence-electron chi connectivity index (χ0n) is 40.4. The van der Waals surface area contributed by atoms with E-state index in [9.17, 15) is 6.85 Å². The topological polar surface area (TPSA) is 9.86 Å². The van der Waals surface area contributed by atoms with Crippen molar-refractivity contribution in [2.24, 2.45) is 0 Å². The lowest BCUT2D eigenvalue weighted by molar-refractivity contribution is 1.18. The molecule has 0 saturated heterocycles. The van der Waals surface area contributed by atoms with Crippen molar-refractivity contribution in [1.29, 1.82) is 0 Å². The van der Waals surface area contributed by atoms with E-state index in [-0.39, 0.29) is 57.6 Å². The zero-order chi connectivity index (χ0) is 47.1. The van der Waals surface area contributed by atoms with Crippen molar-refractivity contribution in [3.8, 4) is 67.0 Å². The van der Waals surface area contributed by atoms with E-state index in [1.165, 1.54) is 0 Å². The van der Waals surface area contributed by atoms with Gasteiger partial charge >= 0.3 is 0 Å². The number of hydrogen-bond acceptors (Lipinski definition) is 0. The molecule has 290 valence electrons. The minimum absolute atomic E-state index is 0.0835. The molecule has 0 N–H and O–H groups in total. The highest BCUT2D eigenvalue weighted by atomic mass is 15.0. The molecule has 0 aliphatic carbocycles. The molecule has 12 rings (SSSR count). The van der Waals surface area contributed by atoms with Crippen molar-refractivity contribution in [2.75, 3.05) is 0 Å². The van der Waals surface area contributed by atoms with Gasteiger partial charge in [0.1, 0.15) is 0 Å². The van der Waals surface area contributed by atoms with Gasteiger partial charge in [0.2, 0.25) is 0 Å². The Balaban J connectivity index is 1.07. The summed E-state index contributed by atoms with van der Waals surface area (Å²) in [6.45, 7) is 0. The fourth-order valence-electron chi connectivity index (χ4n) is 8.93. The van der Waals surface area contributed by atoms with E-state index >= 15 is 0 Å². The Morgan fingerprint density at radius 2 is 0.758 bits per heavy atom. The van der Waals surface area contributed by atoms with Crippen LogP contribution in [-0.2, 0) is 0 Å². The Bertz CT molecular complexity index is 3990. The number of hydrogen-bond donors (Lipinski definition) is 0. The SMILES string of the molecule is [2H]c1c([2H])c([2H])c2c(c1[2H])c1c([2H])c(-c3ccc4c(c3)c3ccc(-c5ccc(-c6ccccc6)cc5)cc3n4-c3ccc(-c4ccccc4)cc3)c([2H])c([2H])c1n2-c1cccc(-c2ccccc2)c1. The second-order valence-corrected chi connectivity index (χ2v) is 15.6. The third-order valence-electron chi connectivity index (χ3n) is 12.0. The maximum atomic E-state index is 9.96. The second kappa shape index (κ2) is 14.8. The van der Waals surface area contributed by atoms with Crippen molar-refractivity contribution in [1.82, 2.24) is 9.13 Å². The van der Waals surface area contributed by atoms with Crippen LogP contribution in [0.2, 0.25) is 0 Å². The molecule has 2 aromatic heterocycles. The molecule has 12 aromatic rings. The van der Waals surface area contributed by atoms with Crippen molar-refractivity contribution in [3.63, 3.8) is 0 Å². The van der Waals surface area contributed by atoms with Crippen molar-refractivity contribution >= 4 is 43.6 Å². The fourth-order valence-corrected chi connectivity index (χ4v) is 8.93. The van der Waals surface area contributed by atoms with E-state index in [2.05, 4.69) is 95.6 Å². The Labute approximate surface area is 370 Å². The van der Waals surface area contributed by atoms with E-state index in [0.29, 0.717) is 11.3 Å². The van der Waals surface area contributed by atoms with Gasteiger partial charge in [0, 0.05) is 32.9 Å². The summed E-state index contributed by atoms with van der Waals surface area (Å²) in [6.07, 6.45) is 0. The average Bonchev–Trinajstić information content (AvgIpc) is 3.94. The molecular formula is C60H40N2. The number of benzene rings is 10. The highest BCUT2D eigenvalue weighted by molar-refractivity contribution is 6.13. The van der Waals surface area contributed by atoms with Crippen LogP contribution >= 0.6 is 0 Å². The molecule has 0 fully saturated rings. The minimum atomic E-state index is -0.426. The smallest absolute Gasteiger partial charge is 0.0645 e. The van der Waals surface area contributed by atoms with Crippen LogP contribution in [0.4, 0.5) is 0 Å². The Morgan fingerprint density at radius 3 is 1.45 bits per heavy atom. The van der Waals surface area contributed by atoms with Gasteiger partial charge in [0.15, 0.2) is 0 Å². The summed E-state index contributed by atoms with van der Waals surface area (Å²) in [5.74, 6) is 0. The van der Waals surface area contributed by atoms with Crippen LogP contribution in [0.15, 0.2) is 242 Å². The first-order chi connectivity index (χ1) is 33.7. The minimum Gasteiger partial charge on any atom is -0.309 e. The molecule has 0 amide bonds. The second-order valence-electron chi connectivity index (χ2n) is 15.6. The number of rotatable bonds is 7. The monoisotopic (exact) mass is 795 g/mol. The number of fused-ring (bicyclic) bond motifs is 6. The lowest BCUT2D eigenvalue weighted by Gasteiger charge is -2.11. The quantitative estimate of drug-likeness (QED) is 0.152. The molecular weight excluding hydrogens is 749 g/mol. The number of nitrogens with zero attached hydrogens (tertiary/aromatic N) is 2. The number of para-hydroxylation sites is 1. The lowest BCUT2D eigenvalue weighted by Crippen LogP contribution is -1.94. The first-order valence-corrected chi connectivity index (χ1v) is 20.8. The molecule has 0 radical (unpaired) electrons. The zero-order valence-corrected chi connectivity index (χ0v) is 33.4. The third kappa shape index (κ3) is 6.12. The maximum Gasteiger partial charge on any atom is 0.0645 e. The van der Waals surface area contributed by atoms with Crippen LogP contribution in [0.5, 0.6) is 0 Å². The van der Waals surface area contributed by atoms with Crippen molar-refractivity contribution in [2.45, 2.75) is 0 Å². The Kier molecular flexibility index (Phi) is 6.95. The lowest BCUT2D eigenvalue weighted by atomic mass is 9.98. The Morgan fingerprint density at radius 1 is 0.258 bits per heavy atom. The highest BCUT2D eigenvalue weighted by Gasteiger charge is 2.18. The van der Waals surface area contributed by atoms with Gasteiger partial charge in [-0.2, -0.15) is 0 Å². The standard InChI is InChI=1S/C60H40N2/c1-4-13-41(14-5-1)44-23-25-46(26-24-44)50-29-34-54-56-39-49(30-35-58(56)61(60(54)40-50)51-32-27-45(28-33-51)42-15-6-2-7-16-42)48-31-36-59-55(38-48)53-21-10-11-22-57(53)62(59)52-20-12-19-47(37-52)43-17-8-3-9-18-43/h1-40H/i10D,11D,21D,22D,31D,36D,38D. The fraction of sp³-hybridized carbons (Fsp3) is 0. The van der Waals surface area contributed by atoms with E-state index in [1.807, 2.05) is 109 Å². The van der Waals surface area contributed by atoms with Gasteiger partial charge in [-0.25, -0.2) is 0 Å². The average molecular weight is 796 g/mol. The molecule has 0 bridgehead atoms. The summed E-state index contributed by atoms with van der Waals surface area (Å²) in [7, 11) is 0. The van der Waals surface area contributed by atoms with Crippen LogP contribution in [0.1, 0.15) is 9.60 Å². The maximum absolute atomic E-state index is 9.96. The van der Waals surface area contributed by atoms with Crippen molar-refractivity contribution in [3.05, 3.63) is 242 Å². The summed E-state index contributed by atoms with van der Waals surface area (Å²) in [5, 5.41) is 2.20. The predicted molar refractivity (Wildman–Crippen MR) is 262 cm³/mol. The molecule has 0 saturated carbocycles. The molecule has 0 spiro atoms. The van der Waals surface area contributed by atoms with Gasteiger partial charge in [0.05, 0.1) is 31.7 Å². The molecule has 0 atom stereocenters. The van der Waals surface area contributed by atoms with Gasteiger partial charge in [0.25, 0.3) is 0 Å². The van der Waals surface area contributed by atoms with Gasteiger partial charge < -0.3 is 9.13 Å². The Hall–Kier alpha value is -8.20. The highest BCUT2D eigenvalue weighted by Crippen LogP contribution is 2.40. The molecule has 0 aliphatic heterocycles. The summed E-state index contributed by atoms with van der Waals surface area (Å²) < 4.78 is 69.1. The molecule has 10 aromatic carbocycles. The predicted octanol–water partition coefficient (Wildman–Crippen LogP) is 16.2. The van der Waals surface area contributed by atoms with Crippen LogP contribution in [0.25, 0.3) is 111 Å². The van der Waals surface area contributed by atoms with Crippen molar-refractivity contribution < 1.29 is 9.60 Å². The summed E-state index contributed by atoms with van der Waals surface area (Å²) in [5.41, 5.74) is 13.0. The summed E-state index contributed by atoms with van der Waals surface area (Å²) in [6, 6.07) is 65.7. The molecule has 2 heterocycles.